The predicted octanol–water partition coefficient (Wildman–Crippen LogP) is 1.44. The summed E-state index contributed by atoms with van der Waals surface area (Å²) in [5.41, 5.74) is 1.43. The molecule has 0 bridgehead atoms. The Kier molecular flexibility index (Phi) is 3.57. The fourth-order valence-corrected chi connectivity index (χ4v) is 2.25. The number of aromatic carboxylic acids is 1. The molecule has 1 aliphatic heterocycles. The van der Waals surface area contributed by atoms with Crippen LogP contribution >= 0.6 is 0 Å². The molecule has 21 heavy (non-hydrogen) atoms. The number of carbonyl (C=O) groups is 1. The summed E-state index contributed by atoms with van der Waals surface area (Å²) in [7, 11) is 0. The molecule has 2 aromatic rings. The maximum Gasteiger partial charge on any atom is 0.354 e. The molecule has 0 saturated carbocycles. The molecule has 0 amide bonds. The van der Waals surface area contributed by atoms with E-state index in [1.54, 1.807) is 12.1 Å². The fraction of sp³-hybridized carbons (Fsp3) is 0.357. The molecule has 1 atom stereocenters. The number of ether oxygens (including phenoxy) is 2. The number of aryl methyl sites for hydroxylation is 1. The number of carboxylic acids is 1. The van der Waals surface area contributed by atoms with Crippen molar-refractivity contribution in [3.8, 4) is 11.6 Å². The molecule has 7 heteroatoms. The van der Waals surface area contributed by atoms with Gasteiger partial charge in [-0.05, 0) is 19.1 Å². The maximum absolute atomic E-state index is 11.2. The van der Waals surface area contributed by atoms with E-state index in [1.807, 2.05) is 6.92 Å². The zero-order valence-electron chi connectivity index (χ0n) is 11.5. The molecule has 1 fully saturated rings. The van der Waals surface area contributed by atoms with E-state index >= 15 is 0 Å². The van der Waals surface area contributed by atoms with Crippen molar-refractivity contribution in [3.05, 3.63) is 35.8 Å². The van der Waals surface area contributed by atoms with Crippen LogP contribution in [0.15, 0.2) is 24.4 Å². The highest BCUT2D eigenvalue weighted by Crippen LogP contribution is 2.20. The molecule has 2 aromatic heterocycles. The molecule has 1 N–H and O–H groups in total. The summed E-state index contributed by atoms with van der Waals surface area (Å²) in [5, 5.41) is 13.2. The van der Waals surface area contributed by atoms with Crippen LogP contribution in [0.2, 0.25) is 0 Å². The minimum atomic E-state index is -1.03. The number of rotatable bonds is 4. The van der Waals surface area contributed by atoms with E-state index in [4.69, 9.17) is 14.6 Å². The summed E-state index contributed by atoms with van der Waals surface area (Å²) >= 11 is 0. The van der Waals surface area contributed by atoms with Crippen molar-refractivity contribution in [1.82, 2.24) is 14.8 Å². The molecular weight excluding hydrogens is 274 g/mol. The van der Waals surface area contributed by atoms with Gasteiger partial charge in [-0.1, -0.05) is 0 Å². The van der Waals surface area contributed by atoms with Gasteiger partial charge in [0.05, 0.1) is 25.1 Å². The van der Waals surface area contributed by atoms with Crippen LogP contribution in [0.3, 0.4) is 0 Å². The second-order valence-electron chi connectivity index (χ2n) is 4.84. The Morgan fingerprint density at radius 1 is 1.52 bits per heavy atom. The molecule has 3 heterocycles. The van der Waals surface area contributed by atoms with Crippen LogP contribution in [0, 0.1) is 6.92 Å². The lowest BCUT2D eigenvalue weighted by Gasteiger charge is -2.13. The third-order valence-electron chi connectivity index (χ3n) is 3.20. The Bertz CT molecular complexity index is 662. The molecule has 1 unspecified atom stereocenters. The van der Waals surface area contributed by atoms with Gasteiger partial charge in [0.1, 0.15) is 6.10 Å². The van der Waals surface area contributed by atoms with E-state index in [0.29, 0.717) is 24.8 Å². The molecule has 7 nitrogen and oxygen atoms in total. The summed E-state index contributed by atoms with van der Waals surface area (Å²) in [4.78, 5) is 15.5. The number of pyridine rings is 1. The van der Waals surface area contributed by atoms with Gasteiger partial charge >= 0.3 is 5.97 Å². The summed E-state index contributed by atoms with van der Waals surface area (Å²) in [6.45, 7) is 3.06. The van der Waals surface area contributed by atoms with Gasteiger partial charge in [-0.25, -0.2) is 14.5 Å². The van der Waals surface area contributed by atoms with Crippen LogP contribution in [0.5, 0.6) is 5.88 Å². The molecule has 0 aromatic carbocycles. The van der Waals surface area contributed by atoms with Gasteiger partial charge in [0.25, 0.3) is 0 Å². The minimum Gasteiger partial charge on any atom is -0.477 e. The monoisotopic (exact) mass is 289 g/mol. The molecule has 110 valence electrons. The van der Waals surface area contributed by atoms with Gasteiger partial charge in [-0.2, -0.15) is 5.10 Å². The quantitative estimate of drug-likeness (QED) is 0.916. The highest BCUT2D eigenvalue weighted by Gasteiger charge is 2.19. The lowest BCUT2D eigenvalue weighted by molar-refractivity contribution is 0.0687. The van der Waals surface area contributed by atoms with Gasteiger partial charge in [-0.15, -0.1) is 0 Å². The van der Waals surface area contributed by atoms with Crippen molar-refractivity contribution in [1.29, 1.82) is 0 Å². The largest absolute Gasteiger partial charge is 0.477 e. The first-order chi connectivity index (χ1) is 10.1. The number of hydrogen-bond donors (Lipinski definition) is 1. The van der Waals surface area contributed by atoms with Crippen molar-refractivity contribution in [2.24, 2.45) is 0 Å². The van der Waals surface area contributed by atoms with Crippen LogP contribution in [-0.2, 0) is 4.74 Å². The van der Waals surface area contributed by atoms with E-state index in [1.165, 1.54) is 16.9 Å². The molecule has 0 radical (unpaired) electrons. The molecule has 0 spiro atoms. The second-order valence-corrected chi connectivity index (χ2v) is 4.84. The molecule has 3 rings (SSSR count). The number of carboxylic acid groups (broad SMARTS) is 1. The first kappa shape index (κ1) is 13.6. The standard InChI is InChI=1S/C14H15N3O4/c1-9-6-10(17-12(14(18)19)2-4-15-17)7-13(16-9)21-11-3-5-20-8-11/h2,4,6-7,11H,3,5,8H2,1H3,(H,18,19). The maximum atomic E-state index is 11.2. The van der Waals surface area contributed by atoms with Crippen LogP contribution in [-0.4, -0.2) is 45.2 Å². The summed E-state index contributed by atoms with van der Waals surface area (Å²) in [6.07, 6.45) is 2.27. The lowest BCUT2D eigenvalue weighted by atomic mass is 10.3. The van der Waals surface area contributed by atoms with Crippen molar-refractivity contribution >= 4 is 5.97 Å². The normalized spacial score (nSPS) is 17.9. The van der Waals surface area contributed by atoms with Crippen molar-refractivity contribution in [2.75, 3.05) is 13.2 Å². The lowest BCUT2D eigenvalue weighted by Crippen LogP contribution is -2.17. The Balaban J connectivity index is 1.93. The highest BCUT2D eigenvalue weighted by atomic mass is 16.5. The number of aromatic nitrogens is 3. The Morgan fingerprint density at radius 3 is 3.10 bits per heavy atom. The second kappa shape index (κ2) is 5.53. The average Bonchev–Trinajstić information content (AvgIpc) is 3.08. The van der Waals surface area contributed by atoms with Gasteiger partial charge in [0.15, 0.2) is 5.69 Å². The third-order valence-corrected chi connectivity index (χ3v) is 3.20. The minimum absolute atomic E-state index is 0.0104. The zero-order chi connectivity index (χ0) is 14.8. The first-order valence-corrected chi connectivity index (χ1v) is 6.64. The van der Waals surface area contributed by atoms with Gasteiger partial charge in [0.2, 0.25) is 5.88 Å². The topological polar surface area (TPSA) is 86.5 Å². The first-order valence-electron chi connectivity index (χ1n) is 6.64. The molecule has 1 saturated heterocycles. The van der Waals surface area contributed by atoms with Crippen LogP contribution in [0.4, 0.5) is 0 Å². The number of nitrogens with zero attached hydrogens (tertiary/aromatic N) is 3. The summed E-state index contributed by atoms with van der Waals surface area (Å²) < 4.78 is 12.4. The summed E-state index contributed by atoms with van der Waals surface area (Å²) in [6, 6.07) is 4.89. The van der Waals surface area contributed by atoms with Crippen LogP contribution in [0.1, 0.15) is 22.6 Å². The molecule has 0 aliphatic carbocycles. The van der Waals surface area contributed by atoms with Crippen molar-refractivity contribution < 1.29 is 19.4 Å². The third kappa shape index (κ3) is 2.87. The van der Waals surface area contributed by atoms with Crippen LogP contribution in [0.25, 0.3) is 5.69 Å². The van der Waals surface area contributed by atoms with Gasteiger partial charge in [0, 0.05) is 18.2 Å². The van der Waals surface area contributed by atoms with Crippen molar-refractivity contribution in [2.45, 2.75) is 19.4 Å². The van der Waals surface area contributed by atoms with E-state index in [0.717, 1.165) is 12.1 Å². The van der Waals surface area contributed by atoms with E-state index in [9.17, 15) is 4.79 Å². The Hall–Kier alpha value is -2.41. The number of hydrogen-bond acceptors (Lipinski definition) is 5. The average molecular weight is 289 g/mol. The van der Waals surface area contributed by atoms with E-state index in [2.05, 4.69) is 10.1 Å². The van der Waals surface area contributed by atoms with Crippen LogP contribution < -0.4 is 4.74 Å². The van der Waals surface area contributed by atoms with E-state index < -0.39 is 5.97 Å². The SMILES string of the molecule is Cc1cc(-n2nccc2C(=O)O)cc(OC2CCOC2)n1. The van der Waals surface area contributed by atoms with Crippen molar-refractivity contribution in [3.63, 3.8) is 0 Å². The van der Waals surface area contributed by atoms with Gasteiger partial charge in [-0.3, -0.25) is 0 Å². The zero-order valence-corrected chi connectivity index (χ0v) is 11.5. The highest BCUT2D eigenvalue weighted by molar-refractivity contribution is 5.86. The van der Waals surface area contributed by atoms with E-state index in [-0.39, 0.29) is 11.8 Å². The Morgan fingerprint density at radius 2 is 2.38 bits per heavy atom. The smallest absolute Gasteiger partial charge is 0.354 e. The summed E-state index contributed by atoms with van der Waals surface area (Å²) in [5.74, 6) is -0.582. The molecule has 1 aliphatic rings. The van der Waals surface area contributed by atoms with Gasteiger partial charge < -0.3 is 14.6 Å². The fourth-order valence-electron chi connectivity index (χ4n) is 2.25. The molecular formula is C14H15N3O4. The Labute approximate surface area is 121 Å². The predicted molar refractivity (Wildman–Crippen MR) is 72.9 cm³/mol.